The minimum absolute atomic E-state index is 0.239. The van der Waals surface area contributed by atoms with Crippen LogP contribution in [-0.2, 0) is 19.0 Å². The van der Waals surface area contributed by atoms with Crippen LogP contribution in [0.2, 0.25) is 0 Å². The first-order valence-corrected chi connectivity index (χ1v) is 8.28. The normalized spacial score (nSPS) is 23.7. The van der Waals surface area contributed by atoms with Gasteiger partial charge in [0.25, 0.3) is 5.91 Å². The fourth-order valence-corrected chi connectivity index (χ4v) is 2.24. The van der Waals surface area contributed by atoms with Crippen LogP contribution >= 0.6 is 0 Å². The Bertz CT molecular complexity index is 560. The number of aliphatic hydroxyl groups is 1. The average molecular weight is 382 g/mol. The lowest BCUT2D eigenvalue weighted by Gasteiger charge is -2.26. The SMILES string of the molecule is C=C/C=C\C(=C)OC.C=CC(=O)NC(=O)N(C)C1OC(COC)[C@@H](O)[C@H]1C. The zero-order chi connectivity index (χ0) is 21.0. The van der Waals surface area contributed by atoms with Gasteiger partial charge in [0, 0.05) is 20.1 Å². The van der Waals surface area contributed by atoms with Crippen molar-refractivity contribution in [2.75, 3.05) is 27.9 Å². The number of hydrogen-bond acceptors (Lipinski definition) is 6. The molecule has 1 saturated heterocycles. The molecule has 27 heavy (non-hydrogen) atoms. The summed E-state index contributed by atoms with van der Waals surface area (Å²) in [5.74, 6) is -0.226. The van der Waals surface area contributed by atoms with Crippen LogP contribution in [0.25, 0.3) is 0 Å². The van der Waals surface area contributed by atoms with E-state index in [-0.39, 0.29) is 12.5 Å². The number of rotatable bonds is 7. The van der Waals surface area contributed by atoms with Crippen LogP contribution in [0.4, 0.5) is 4.79 Å². The number of aliphatic hydroxyl groups excluding tert-OH is 1. The van der Waals surface area contributed by atoms with E-state index in [0.717, 1.165) is 6.08 Å². The topological polar surface area (TPSA) is 97.3 Å². The molecule has 4 atom stereocenters. The third-order valence-electron chi connectivity index (χ3n) is 3.81. The summed E-state index contributed by atoms with van der Waals surface area (Å²) in [6.45, 7) is 12.3. The molecular formula is C19H30N2O6. The van der Waals surface area contributed by atoms with Gasteiger partial charge in [-0.25, -0.2) is 4.79 Å². The first kappa shape index (κ1) is 24.6. The van der Waals surface area contributed by atoms with E-state index in [4.69, 9.17) is 14.2 Å². The zero-order valence-corrected chi connectivity index (χ0v) is 16.4. The van der Waals surface area contributed by atoms with Gasteiger partial charge in [-0.15, -0.1) is 0 Å². The molecule has 8 heteroatoms. The smallest absolute Gasteiger partial charge is 0.326 e. The molecular weight excluding hydrogens is 352 g/mol. The first-order chi connectivity index (χ1) is 12.7. The monoisotopic (exact) mass is 382 g/mol. The van der Waals surface area contributed by atoms with E-state index in [9.17, 15) is 14.7 Å². The van der Waals surface area contributed by atoms with Gasteiger partial charge in [-0.1, -0.05) is 38.8 Å². The van der Waals surface area contributed by atoms with Crippen LogP contribution in [-0.4, -0.2) is 68.3 Å². The Hall–Kier alpha value is -2.42. The number of nitrogens with one attached hydrogen (secondary N) is 1. The van der Waals surface area contributed by atoms with Gasteiger partial charge in [0.1, 0.15) is 18.1 Å². The standard InChI is InChI=1S/C12H20N2O5.C7H10O/c1-5-9(15)13-12(17)14(3)11-7(2)10(16)8(19-11)6-18-4;1-4-5-6-7(2)8-3/h5,7-8,10-11,16H,1,6H2,2-4H3,(H,13,15,17);4-6H,1-2H2,3H3/b;6-5-/t7-,8?,10+,11?;/m1./s1. The van der Waals surface area contributed by atoms with Gasteiger partial charge in [0.05, 0.1) is 19.8 Å². The highest BCUT2D eigenvalue weighted by Gasteiger charge is 2.44. The van der Waals surface area contributed by atoms with Gasteiger partial charge in [-0.05, 0) is 12.2 Å². The number of ether oxygens (including phenoxy) is 3. The highest BCUT2D eigenvalue weighted by atomic mass is 16.6. The van der Waals surface area contributed by atoms with E-state index in [1.54, 1.807) is 32.3 Å². The summed E-state index contributed by atoms with van der Waals surface area (Å²) < 4.78 is 15.2. The fraction of sp³-hybridized carbons (Fsp3) is 0.474. The molecule has 3 amide bonds. The summed E-state index contributed by atoms with van der Waals surface area (Å²) in [5, 5.41) is 12.1. The third-order valence-corrected chi connectivity index (χ3v) is 3.81. The van der Waals surface area contributed by atoms with Crippen molar-refractivity contribution in [2.24, 2.45) is 5.92 Å². The second-order valence-electron chi connectivity index (χ2n) is 5.74. The lowest BCUT2D eigenvalue weighted by Crippen LogP contribution is -2.47. The van der Waals surface area contributed by atoms with Crippen molar-refractivity contribution >= 4 is 11.9 Å². The van der Waals surface area contributed by atoms with Gasteiger partial charge < -0.3 is 24.2 Å². The van der Waals surface area contributed by atoms with Crippen molar-refractivity contribution in [1.29, 1.82) is 0 Å². The average Bonchev–Trinajstić information content (AvgIpc) is 2.94. The molecule has 1 heterocycles. The first-order valence-electron chi connectivity index (χ1n) is 8.28. The molecule has 8 nitrogen and oxygen atoms in total. The van der Waals surface area contributed by atoms with E-state index < -0.39 is 30.4 Å². The molecule has 1 fully saturated rings. The molecule has 0 aromatic carbocycles. The summed E-state index contributed by atoms with van der Waals surface area (Å²) in [6.07, 6.45) is 4.36. The molecule has 2 unspecified atom stereocenters. The predicted molar refractivity (Wildman–Crippen MR) is 103 cm³/mol. The number of imide groups is 1. The van der Waals surface area contributed by atoms with Crippen LogP contribution in [0.5, 0.6) is 0 Å². The van der Waals surface area contributed by atoms with Gasteiger partial charge in [0.2, 0.25) is 0 Å². The van der Waals surface area contributed by atoms with Crippen LogP contribution in [0.15, 0.2) is 49.8 Å². The maximum absolute atomic E-state index is 11.8. The molecule has 1 aliphatic rings. The molecule has 2 N–H and O–H groups in total. The third kappa shape index (κ3) is 8.21. The number of hydrogen-bond donors (Lipinski definition) is 2. The predicted octanol–water partition coefficient (Wildman–Crippen LogP) is 1.60. The highest BCUT2D eigenvalue weighted by Crippen LogP contribution is 2.28. The quantitative estimate of drug-likeness (QED) is 0.394. The fourth-order valence-electron chi connectivity index (χ4n) is 2.24. The molecule has 0 aliphatic carbocycles. The number of carbonyl (C=O) groups is 2. The number of nitrogens with zero attached hydrogens (tertiary/aromatic N) is 1. The van der Waals surface area contributed by atoms with Gasteiger partial charge in [-0.2, -0.15) is 0 Å². The van der Waals surface area contributed by atoms with E-state index >= 15 is 0 Å². The van der Waals surface area contributed by atoms with Crippen molar-refractivity contribution in [3.05, 3.63) is 49.8 Å². The van der Waals surface area contributed by atoms with E-state index in [0.29, 0.717) is 5.76 Å². The van der Waals surface area contributed by atoms with Crippen LogP contribution in [0.3, 0.4) is 0 Å². The summed E-state index contributed by atoms with van der Waals surface area (Å²) in [5.41, 5.74) is 0. The number of allylic oxidation sites excluding steroid dienone is 3. The summed E-state index contributed by atoms with van der Waals surface area (Å²) in [4.78, 5) is 24.1. The number of methoxy groups -OCH3 is 2. The minimum Gasteiger partial charge on any atom is -0.497 e. The molecule has 1 aliphatic heterocycles. The molecule has 152 valence electrons. The lowest BCUT2D eigenvalue weighted by molar-refractivity contribution is -0.116. The number of amides is 3. The van der Waals surface area contributed by atoms with Crippen LogP contribution in [0.1, 0.15) is 6.92 Å². The van der Waals surface area contributed by atoms with Crippen LogP contribution < -0.4 is 5.32 Å². The van der Waals surface area contributed by atoms with Crippen molar-refractivity contribution in [3.8, 4) is 0 Å². The van der Waals surface area contributed by atoms with Crippen molar-refractivity contribution < 1.29 is 28.9 Å². The number of urea groups is 1. The maximum atomic E-state index is 11.8. The second-order valence-corrected chi connectivity index (χ2v) is 5.74. The second kappa shape index (κ2) is 12.9. The molecule has 0 aromatic rings. The Morgan fingerprint density at radius 3 is 2.44 bits per heavy atom. The minimum atomic E-state index is -0.727. The summed E-state index contributed by atoms with van der Waals surface area (Å²) in [6, 6.07) is -0.605. The van der Waals surface area contributed by atoms with Gasteiger partial charge >= 0.3 is 6.03 Å². The summed E-state index contributed by atoms with van der Waals surface area (Å²) in [7, 11) is 4.58. The highest BCUT2D eigenvalue weighted by molar-refractivity contribution is 5.99. The van der Waals surface area contributed by atoms with Gasteiger partial charge in [0.15, 0.2) is 0 Å². The largest absolute Gasteiger partial charge is 0.497 e. The zero-order valence-electron chi connectivity index (χ0n) is 16.4. The molecule has 0 radical (unpaired) electrons. The lowest BCUT2D eigenvalue weighted by atomic mass is 10.0. The summed E-state index contributed by atoms with van der Waals surface area (Å²) >= 11 is 0. The van der Waals surface area contributed by atoms with Crippen molar-refractivity contribution in [2.45, 2.75) is 25.4 Å². The molecule has 0 spiro atoms. The Morgan fingerprint density at radius 2 is 1.96 bits per heavy atom. The van der Waals surface area contributed by atoms with Gasteiger partial charge in [-0.3, -0.25) is 10.1 Å². The molecule has 0 aromatic heterocycles. The number of carbonyl (C=O) groups excluding carboxylic acids is 2. The Labute approximate surface area is 160 Å². The molecule has 1 rings (SSSR count). The van der Waals surface area contributed by atoms with Crippen LogP contribution in [0, 0.1) is 5.92 Å². The van der Waals surface area contributed by atoms with E-state index in [2.05, 4.69) is 25.1 Å². The van der Waals surface area contributed by atoms with Crippen molar-refractivity contribution in [1.82, 2.24) is 10.2 Å². The van der Waals surface area contributed by atoms with Crippen molar-refractivity contribution in [3.63, 3.8) is 0 Å². The van der Waals surface area contributed by atoms with E-state index in [1.807, 2.05) is 0 Å². The Morgan fingerprint density at radius 1 is 1.33 bits per heavy atom. The molecule has 0 bridgehead atoms. The molecule has 0 saturated carbocycles. The Balaban J connectivity index is 0.000000713. The maximum Gasteiger partial charge on any atom is 0.326 e. The van der Waals surface area contributed by atoms with E-state index in [1.165, 1.54) is 19.1 Å². The Kier molecular flexibility index (Phi) is 11.7.